The van der Waals surface area contributed by atoms with E-state index in [4.69, 9.17) is 9.47 Å². The van der Waals surface area contributed by atoms with Crippen LogP contribution in [0.15, 0.2) is 48.5 Å². The molecule has 6 nitrogen and oxygen atoms in total. The third-order valence-corrected chi connectivity index (χ3v) is 4.59. The molecule has 2 unspecified atom stereocenters. The van der Waals surface area contributed by atoms with Crippen LogP contribution in [0.3, 0.4) is 0 Å². The molecule has 2 aromatic rings. The van der Waals surface area contributed by atoms with E-state index in [1.807, 2.05) is 55.5 Å². The highest BCUT2D eigenvalue weighted by atomic mass is 16.5. The van der Waals surface area contributed by atoms with Crippen LogP contribution in [-0.2, 0) is 4.74 Å². The summed E-state index contributed by atoms with van der Waals surface area (Å²) < 4.78 is 11.4. The Bertz CT molecular complexity index is 752. The van der Waals surface area contributed by atoms with Gasteiger partial charge in [0, 0.05) is 24.5 Å². The maximum atomic E-state index is 12.0. The number of hydrogen-bond donors (Lipinski definition) is 2. The van der Waals surface area contributed by atoms with Crippen LogP contribution in [0.2, 0.25) is 0 Å². The number of carbonyl (C=O) groups is 1. The van der Waals surface area contributed by atoms with Gasteiger partial charge in [-0.15, -0.1) is 0 Å². The molecule has 1 fully saturated rings. The molecular formula is C22H29N3O3. The Morgan fingerprint density at radius 1 is 1.07 bits per heavy atom. The van der Waals surface area contributed by atoms with Crippen LogP contribution in [0.5, 0.6) is 5.75 Å². The largest absolute Gasteiger partial charge is 0.492 e. The number of urea groups is 1. The van der Waals surface area contributed by atoms with Crippen LogP contribution in [0.4, 0.5) is 16.2 Å². The first-order valence-corrected chi connectivity index (χ1v) is 9.74. The van der Waals surface area contributed by atoms with Gasteiger partial charge < -0.3 is 25.0 Å². The average molecular weight is 383 g/mol. The van der Waals surface area contributed by atoms with Gasteiger partial charge in [0.05, 0.1) is 18.8 Å². The fraction of sp³-hybridized carbons (Fsp3) is 0.409. The molecule has 3 rings (SSSR count). The van der Waals surface area contributed by atoms with Crippen LogP contribution in [0, 0.1) is 6.92 Å². The second kappa shape index (κ2) is 9.46. The number of ether oxygens (including phenoxy) is 2. The first-order chi connectivity index (χ1) is 13.5. The highest BCUT2D eigenvalue weighted by molar-refractivity contribution is 5.89. The zero-order valence-corrected chi connectivity index (χ0v) is 16.8. The molecule has 1 saturated heterocycles. The molecule has 1 aliphatic heterocycles. The number of anilines is 2. The lowest BCUT2D eigenvalue weighted by Crippen LogP contribution is -2.45. The number of benzene rings is 2. The minimum Gasteiger partial charge on any atom is -0.492 e. The molecule has 28 heavy (non-hydrogen) atoms. The van der Waals surface area contributed by atoms with E-state index < -0.39 is 0 Å². The SMILES string of the molecule is Cc1ccc(OCCNC(=O)Nc2ccc(N3CC(C)OC(C)C3)cc2)cc1. The summed E-state index contributed by atoms with van der Waals surface area (Å²) in [4.78, 5) is 14.3. The van der Waals surface area contributed by atoms with Crippen molar-refractivity contribution in [1.29, 1.82) is 0 Å². The molecule has 6 heteroatoms. The van der Waals surface area contributed by atoms with Crippen molar-refractivity contribution in [3.05, 3.63) is 54.1 Å². The zero-order valence-electron chi connectivity index (χ0n) is 16.8. The summed E-state index contributed by atoms with van der Waals surface area (Å²) in [5, 5.41) is 5.65. The fourth-order valence-corrected chi connectivity index (χ4v) is 3.29. The highest BCUT2D eigenvalue weighted by Gasteiger charge is 2.22. The van der Waals surface area contributed by atoms with Gasteiger partial charge in [0.25, 0.3) is 0 Å². The van der Waals surface area contributed by atoms with Crippen molar-refractivity contribution in [2.24, 2.45) is 0 Å². The molecular weight excluding hydrogens is 354 g/mol. The van der Waals surface area contributed by atoms with E-state index >= 15 is 0 Å². The molecule has 0 spiro atoms. The van der Waals surface area contributed by atoms with Gasteiger partial charge in [0.1, 0.15) is 12.4 Å². The predicted molar refractivity (Wildman–Crippen MR) is 112 cm³/mol. The molecule has 0 saturated carbocycles. The smallest absolute Gasteiger partial charge is 0.319 e. The van der Waals surface area contributed by atoms with Crippen molar-refractivity contribution in [3.8, 4) is 5.75 Å². The second-order valence-electron chi connectivity index (χ2n) is 7.25. The Labute approximate surface area is 166 Å². The molecule has 2 aromatic carbocycles. The van der Waals surface area contributed by atoms with Gasteiger partial charge in [-0.25, -0.2) is 4.79 Å². The number of hydrogen-bond acceptors (Lipinski definition) is 4. The number of carbonyl (C=O) groups excluding carboxylic acids is 1. The number of nitrogens with one attached hydrogen (secondary N) is 2. The topological polar surface area (TPSA) is 62.8 Å². The fourth-order valence-electron chi connectivity index (χ4n) is 3.29. The number of amides is 2. The Balaban J connectivity index is 1.41. The summed E-state index contributed by atoms with van der Waals surface area (Å²) in [6, 6.07) is 15.5. The van der Waals surface area contributed by atoms with E-state index in [9.17, 15) is 4.79 Å². The lowest BCUT2D eigenvalue weighted by molar-refractivity contribution is -0.00521. The molecule has 2 amide bonds. The van der Waals surface area contributed by atoms with E-state index in [0.29, 0.717) is 13.2 Å². The minimum absolute atomic E-state index is 0.217. The minimum atomic E-state index is -0.242. The lowest BCUT2D eigenvalue weighted by Gasteiger charge is -2.36. The van der Waals surface area contributed by atoms with Crippen LogP contribution in [0.1, 0.15) is 19.4 Å². The van der Waals surface area contributed by atoms with Crippen LogP contribution in [-0.4, -0.2) is 44.5 Å². The van der Waals surface area contributed by atoms with Crippen LogP contribution < -0.4 is 20.3 Å². The summed E-state index contributed by atoms with van der Waals surface area (Å²) in [6.45, 7) is 8.81. The molecule has 1 heterocycles. The average Bonchev–Trinajstić information content (AvgIpc) is 2.66. The van der Waals surface area contributed by atoms with Crippen molar-refractivity contribution in [2.45, 2.75) is 33.0 Å². The van der Waals surface area contributed by atoms with Gasteiger partial charge in [0.15, 0.2) is 0 Å². The Kier molecular flexibility index (Phi) is 6.76. The van der Waals surface area contributed by atoms with E-state index in [1.165, 1.54) is 5.56 Å². The second-order valence-corrected chi connectivity index (χ2v) is 7.25. The molecule has 150 valence electrons. The van der Waals surface area contributed by atoms with Gasteiger partial charge in [-0.2, -0.15) is 0 Å². The van der Waals surface area contributed by atoms with Crippen LogP contribution in [0.25, 0.3) is 0 Å². The molecule has 2 N–H and O–H groups in total. The number of nitrogens with zero attached hydrogens (tertiary/aromatic N) is 1. The van der Waals surface area contributed by atoms with Gasteiger partial charge in [-0.05, 0) is 57.2 Å². The standard InChI is InChI=1S/C22H29N3O3/c1-16-4-10-21(11-5-16)27-13-12-23-22(26)24-19-6-8-20(9-7-19)25-14-17(2)28-18(3)15-25/h4-11,17-18H,12-15H2,1-3H3,(H2,23,24,26). The van der Waals surface area contributed by atoms with Crippen LogP contribution >= 0.6 is 0 Å². The quantitative estimate of drug-likeness (QED) is 0.745. The van der Waals surface area contributed by atoms with Crippen molar-refractivity contribution in [2.75, 3.05) is 36.5 Å². The molecule has 0 aliphatic carbocycles. The highest BCUT2D eigenvalue weighted by Crippen LogP contribution is 2.22. The molecule has 0 radical (unpaired) electrons. The summed E-state index contributed by atoms with van der Waals surface area (Å²) in [6.07, 6.45) is 0.434. The van der Waals surface area contributed by atoms with Gasteiger partial charge in [-0.1, -0.05) is 17.7 Å². The Hall–Kier alpha value is -2.73. The van der Waals surface area contributed by atoms with Gasteiger partial charge in [-0.3, -0.25) is 0 Å². The van der Waals surface area contributed by atoms with Gasteiger partial charge in [0.2, 0.25) is 0 Å². The van der Waals surface area contributed by atoms with Crippen molar-refractivity contribution in [3.63, 3.8) is 0 Å². The molecule has 1 aliphatic rings. The summed E-state index contributed by atoms with van der Waals surface area (Å²) in [5.41, 5.74) is 3.09. The van der Waals surface area contributed by atoms with E-state index in [0.717, 1.165) is 30.2 Å². The predicted octanol–water partition coefficient (Wildman–Crippen LogP) is 3.81. The van der Waals surface area contributed by atoms with Crippen molar-refractivity contribution >= 4 is 17.4 Å². The normalized spacial score (nSPS) is 19.2. The molecule has 2 atom stereocenters. The first kappa shape index (κ1) is 20.0. The molecule has 0 aromatic heterocycles. The third kappa shape index (κ3) is 5.89. The maximum Gasteiger partial charge on any atom is 0.319 e. The van der Waals surface area contributed by atoms with Crippen molar-refractivity contribution < 1.29 is 14.3 Å². The summed E-state index contributed by atoms with van der Waals surface area (Å²) in [7, 11) is 0. The lowest BCUT2D eigenvalue weighted by atomic mass is 10.2. The summed E-state index contributed by atoms with van der Waals surface area (Å²) >= 11 is 0. The number of aryl methyl sites for hydroxylation is 1. The number of rotatable bonds is 6. The van der Waals surface area contributed by atoms with Gasteiger partial charge >= 0.3 is 6.03 Å². The van der Waals surface area contributed by atoms with E-state index in [1.54, 1.807) is 0 Å². The zero-order chi connectivity index (χ0) is 19.9. The number of morpholine rings is 1. The molecule has 0 bridgehead atoms. The van der Waals surface area contributed by atoms with Crippen molar-refractivity contribution in [1.82, 2.24) is 5.32 Å². The third-order valence-electron chi connectivity index (χ3n) is 4.59. The van der Waals surface area contributed by atoms with E-state index in [-0.39, 0.29) is 18.2 Å². The van der Waals surface area contributed by atoms with E-state index in [2.05, 4.69) is 29.4 Å². The Morgan fingerprint density at radius 3 is 2.36 bits per heavy atom. The Morgan fingerprint density at radius 2 is 1.71 bits per heavy atom. The summed E-state index contributed by atoms with van der Waals surface area (Å²) in [5.74, 6) is 0.801. The monoisotopic (exact) mass is 383 g/mol. The first-order valence-electron chi connectivity index (χ1n) is 9.74. The maximum absolute atomic E-state index is 12.0.